The van der Waals surface area contributed by atoms with Crippen LogP contribution in [0.2, 0.25) is 0 Å². The van der Waals surface area contributed by atoms with Gasteiger partial charge in [-0.25, -0.2) is 0 Å². The summed E-state index contributed by atoms with van der Waals surface area (Å²) in [6.07, 6.45) is 0. The number of carbonyl (C=O) groups excluding carboxylic acids is 1. The molecule has 1 saturated heterocycles. The highest BCUT2D eigenvalue weighted by atomic mass is 16.5. The average Bonchev–Trinajstić information content (AvgIpc) is 2.69. The Morgan fingerprint density at radius 3 is 2.44 bits per heavy atom. The van der Waals surface area contributed by atoms with Gasteiger partial charge in [0.1, 0.15) is 0 Å². The Morgan fingerprint density at radius 1 is 1.08 bits per heavy atom. The largest absolute Gasteiger partial charge is 0.378 e. The Hall–Kier alpha value is -2.53. The summed E-state index contributed by atoms with van der Waals surface area (Å²) in [4.78, 5) is 16.7. The van der Waals surface area contributed by atoms with Crippen molar-refractivity contribution in [3.05, 3.63) is 60.2 Å². The van der Waals surface area contributed by atoms with Crippen LogP contribution in [0, 0.1) is 0 Å². The van der Waals surface area contributed by atoms with Crippen molar-refractivity contribution in [3.63, 3.8) is 0 Å². The summed E-state index contributed by atoms with van der Waals surface area (Å²) in [7, 11) is 2.03. The minimum Gasteiger partial charge on any atom is -0.378 e. The molecule has 0 spiro atoms. The molecule has 25 heavy (non-hydrogen) atoms. The van der Waals surface area contributed by atoms with E-state index < -0.39 is 0 Å². The SMILES string of the molecule is CN(CCNC(=O)c1ccc(N2CCOCC2)cc1)c1ccccc1. The minimum atomic E-state index is -0.0324. The lowest BCUT2D eigenvalue weighted by Gasteiger charge is -2.28. The van der Waals surface area contributed by atoms with Crippen LogP contribution in [0.5, 0.6) is 0 Å². The second-order valence-electron chi connectivity index (χ2n) is 6.16. The number of rotatable bonds is 6. The maximum absolute atomic E-state index is 12.3. The Kier molecular flexibility index (Phi) is 5.90. The molecule has 1 N–H and O–H groups in total. The number of hydrogen-bond acceptors (Lipinski definition) is 4. The molecule has 1 heterocycles. The molecule has 0 bridgehead atoms. The summed E-state index contributed by atoms with van der Waals surface area (Å²) in [6, 6.07) is 18.0. The third kappa shape index (κ3) is 4.73. The van der Waals surface area contributed by atoms with Crippen LogP contribution in [0.25, 0.3) is 0 Å². The number of nitrogens with zero attached hydrogens (tertiary/aromatic N) is 2. The molecule has 0 radical (unpaired) electrons. The third-order valence-corrected chi connectivity index (χ3v) is 4.44. The Morgan fingerprint density at radius 2 is 1.76 bits per heavy atom. The zero-order valence-corrected chi connectivity index (χ0v) is 14.6. The Balaban J connectivity index is 1.48. The van der Waals surface area contributed by atoms with Gasteiger partial charge in [-0.1, -0.05) is 18.2 Å². The zero-order chi connectivity index (χ0) is 17.5. The molecule has 0 aromatic heterocycles. The molecule has 0 aliphatic carbocycles. The van der Waals surface area contributed by atoms with Gasteiger partial charge in [0.05, 0.1) is 13.2 Å². The van der Waals surface area contributed by atoms with Crippen molar-refractivity contribution in [2.24, 2.45) is 0 Å². The lowest BCUT2D eigenvalue weighted by molar-refractivity contribution is 0.0954. The summed E-state index contributed by atoms with van der Waals surface area (Å²) < 4.78 is 5.37. The number of hydrogen-bond donors (Lipinski definition) is 1. The van der Waals surface area contributed by atoms with Crippen molar-refractivity contribution >= 4 is 17.3 Å². The lowest BCUT2D eigenvalue weighted by atomic mass is 10.1. The molecule has 2 aromatic carbocycles. The first-order valence-electron chi connectivity index (χ1n) is 8.71. The number of benzene rings is 2. The number of amides is 1. The van der Waals surface area contributed by atoms with Gasteiger partial charge >= 0.3 is 0 Å². The number of ether oxygens (including phenoxy) is 1. The van der Waals surface area contributed by atoms with Gasteiger partial charge in [-0.3, -0.25) is 4.79 Å². The quantitative estimate of drug-likeness (QED) is 0.878. The number of carbonyl (C=O) groups is 1. The van der Waals surface area contributed by atoms with Crippen molar-refractivity contribution < 1.29 is 9.53 Å². The van der Waals surface area contributed by atoms with Crippen LogP contribution in [0.3, 0.4) is 0 Å². The molecule has 0 saturated carbocycles. The third-order valence-electron chi connectivity index (χ3n) is 4.44. The van der Waals surface area contributed by atoms with Crippen LogP contribution < -0.4 is 15.1 Å². The van der Waals surface area contributed by atoms with E-state index >= 15 is 0 Å². The van der Waals surface area contributed by atoms with Crippen LogP contribution in [0.15, 0.2) is 54.6 Å². The smallest absolute Gasteiger partial charge is 0.251 e. The highest BCUT2D eigenvalue weighted by Crippen LogP contribution is 2.16. The predicted molar refractivity (Wildman–Crippen MR) is 102 cm³/mol. The molecular weight excluding hydrogens is 314 g/mol. The fourth-order valence-corrected chi connectivity index (χ4v) is 2.90. The molecule has 0 unspecified atom stereocenters. The maximum atomic E-state index is 12.3. The van der Waals surface area contributed by atoms with Crippen molar-refractivity contribution in [2.75, 3.05) is 56.2 Å². The van der Waals surface area contributed by atoms with Gasteiger partial charge in [-0.05, 0) is 36.4 Å². The van der Waals surface area contributed by atoms with Crippen LogP contribution in [0.4, 0.5) is 11.4 Å². The molecule has 132 valence electrons. The van der Waals surface area contributed by atoms with Gasteiger partial charge < -0.3 is 19.9 Å². The molecule has 3 rings (SSSR count). The molecular formula is C20H25N3O2. The Labute approximate surface area is 149 Å². The second-order valence-corrected chi connectivity index (χ2v) is 6.16. The fourth-order valence-electron chi connectivity index (χ4n) is 2.90. The topological polar surface area (TPSA) is 44.8 Å². The lowest BCUT2D eigenvalue weighted by Crippen LogP contribution is -2.36. The number of nitrogens with one attached hydrogen (secondary N) is 1. The number of para-hydroxylation sites is 1. The fraction of sp³-hybridized carbons (Fsp3) is 0.350. The standard InChI is InChI=1S/C20H25N3O2/c1-22(18-5-3-2-4-6-18)12-11-21-20(24)17-7-9-19(10-8-17)23-13-15-25-16-14-23/h2-10H,11-16H2,1H3,(H,21,24). The first kappa shape index (κ1) is 17.3. The van der Waals surface area contributed by atoms with E-state index in [1.165, 1.54) is 0 Å². The molecule has 2 aromatic rings. The monoisotopic (exact) mass is 339 g/mol. The first-order valence-corrected chi connectivity index (χ1v) is 8.71. The van der Waals surface area contributed by atoms with Gasteiger partial charge in [0, 0.05) is 50.2 Å². The first-order chi connectivity index (χ1) is 12.2. The average molecular weight is 339 g/mol. The summed E-state index contributed by atoms with van der Waals surface area (Å²) >= 11 is 0. The molecule has 0 atom stereocenters. The highest BCUT2D eigenvalue weighted by Gasteiger charge is 2.12. The van der Waals surface area contributed by atoms with E-state index in [2.05, 4.69) is 27.2 Å². The van der Waals surface area contributed by atoms with Crippen molar-refractivity contribution in [3.8, 4) is 0 Å². The van der Waals surface area contributed by atoms with E-state index in [4.69, 9.17) is 4.74 Å². The highest BCUT2D eigenvalue weighted by molar-refractivity contribution is 5.94. The summed E-state index contributed by atoms with van der Waals surface area (Å²) in [5, 5.41) is 2.98. The van der Waals surface area contributed by atoms with Crippen molar-refractivity contribution in [1.29, 1.82) is 0 Å². The summed E-state index contributed by atoms with van der Waals surface area (Å²) in [5.74, 6) is -0.0324. The predicted octanol–water partition coefficient (Wildman–Crippen LogP) is 2.39. The minimum absolute atomic E-state index is 0.0324. The summed E-state index contributed by atoms with van der Waals surface area (Å²) in [6.45, 7) is 4.69. The van der Waals surface area contributed by atoms with Crippen molar-refractivity contribution in [2.45, 2.75) is 0 Å². The van der Waals surface area contributed by atoms with Crippen LogP contribution in [-0.4, -0.2) is 52.3 Å². The van der Waals surface area contributed by atoms with Crippen LogP contribution >= 0.6 is 0 Å². The van der Waals surface area contributed by atoms with Gasteiger partial charge in [0.15, 0.2) is 0 Å². The normalized spacial score (nSPS) is 14.2. The van der Waals surface area contributed by atoms with E-state index in [0.717, 1.165) is 44.2 Å². The van der Waals surface area contributed by atoms with Crippen LogP contribution in [0.1, 0.15) is 10.4 Å². The van der Waals surface area contributed by atoms with Gasteiger partial charge in [-0.15, -0.1) is 0 Å². The maximum Gasteiger partial charge on any atom is 0.251 e. The molecule has 5 heteroatoms. The molecule has 1 amide bonds. The van der Waals surface area contributed by atoms with Crippen LogP contribution in [-0.2, 0) is 4.74 Å². The molecule has 5 nitrogen and oxygen atoms in total. The summed E-state index contributed by atoms with van der Waals surface area (Å²) in [5.41, 5.74) is 2.98. The molecule has 1 aliphatic heterocycles. The molecule has 1 aliphatic rings. The van der Waals surface area contributed by atoms with E-state index in [1.807, 2.05) is 49.5 Å². The van der Waals surface area contributed by atoms with E-state index in [-0.39, 0.29) is 5.91 Å². The van der Waals surface area contributed by atoms with E-state index in [0.29, 0.717) is 12.1 Å². The number of likely N-dealkylation sites (N-methyl/N-ethyl adjacent to an activating group) is 1. The Bertz CT molecular complexity index is 667. The van der Waals surface area contributed by atoms with Gasteiger partial charge in [0.2, 0.25) is 0 Å². The van der Waals surface area contributed by atoms with E-state index in [9.17, 15) is 4.79 Å². The molecule has 1 fully saturated rings. The number of morpholine rings is 1. The van der Waals surface area contributed by atoms with Crippen molar-refractivity contribution in [1.82, 2.24) is 5.32 Å². The second kappa shape index (κ2) is 8.53. The van der Waals surface area contributed by atoms with E-state index in [1.54, 1.807) is 0 Å². The zero-order valence-electron chi connectivity index (χ0n) is 14.6. The van der Waals surface area contributed by atoms with Gasteiger partial charge in [0.25, 0.3) is 5.91 Å². The van der Waals surface area contributed by atoms with Gasteiger partial charge in [-0.2, -0.15) is 0 Å². The number of anilines is 2.